The van der Waals surface area contributed by atoms with Crippen LogP contribution in [0.4, 0.5) is 11.6 Å². The summed E-state index contributed by atoms with van der Waals surface area (Å²) in [5.41, 5.74) is 2.52. The summed E-state index contributed by atoms with van der Waals surface area (Å²) in [6.07, 6.45) is 1.13. The molecule has 0 aliphatic rings. The number of methoxy groups -OCH3 is 1. The smallest absolute Gasteiger partial charge is 0.158 e. The minimum atomic E-state index is 0.369. The third-order valence-electron chi connectivity index (χ3n) is 2.52. The molecule has 1 rings (SSSR count). The minimum Gasteiger partial charge on any atom is -0.377 e. The molecule has 0 saturated heterocycles. The summed E-state index contributed by atoms with van der Waals surface area (Å²) in [7, 11) is 1.61. The first kappa shape index (κ1) is 13.7. The number of hydrogen-bond donors (Lipinski definition) is 3. The van der Waals surface area contributed by atoms with E-state index < -0.39 is 0 Å². The molecular weight excluding hydrogens is 218 g/mol. The van der Waals surface area contributed by atoms with Crippen LogP contribution in [0.1, 0.15) is 26.1 Å². The molecule has 6 nitrogen and oxygen atoms in total. The molecule has 0 saturated carbocycles. The molecule has 0 bridgehead atoms. The second kappa shape index (κ2) is 7.03. The summed E-state index contributed by atoms with van der Waals surface area (Å²) in [5, 5.41) is 3.27. The van der Waals surface area contributed by atoms with Crippen LogP contribution in [0, 0.1) is 5.92 Å². The summed E-state index contributed by atoms with van der Waals surface area (Å²) in [6, 6.07) is 1.78. The van der Waals surface area contributed by atoms with Gasteiger partial charge in [0.1, 0.15) is 18.2 Å². The van der Waals surface area contributed by atoms with Gasteiger partial charge in [-0.1, -0.05) is 20.3 Å². The Bertz CT molecular complexity index is 345. The van der Waals surface area contributed by atoms with Gasteiger partial charge in [-0.3, -0.25) is 0 Å². The van der Waals surface area contributed by atoms with Gasteiger partial charge in [-0.25, -0.2) is 15.8 Å². The van der Waals surface area contributed by atoms with E-state index in [9.17, 15) is 0 Å². The summed E-state index contributed by atoms with van der Waals surface area (Å²) in [6.45, 7) is 5.60. The number of aromatic nitrogens is 2. The topological polar surface area (TPSA) is 85.1 Å². The highest BCUT2D eigenvalue weighted by Gasteiger charge is 2.05. The molecule has 0 fully saturated rings. The van der Waals surface area contributed by atoms with Crippen LogP contribution >= 0.6 is 0 Å². The number of nitrogens with two attached hydrogens (primary N) is 1. The average molecular weight is 239 g/mol. The van der Waals surface area contributed by atoms with E-state index in [1.54, 1.807) is 13.2 Å². The van der Waals surface area contributed by atoms with Gasteiger partial charge < -0.3 is 15.5 Å². The molecule has 4 N–H and O–H groups in total. The number of hydrogen-bond acceptors (Lipinski definition) is 6. The molecule has 0 amide bonds. The normalized spacial score (nSPS) is 12.2. The van der Waals surface area contributed by atoms with Crippen LogP contribution < -0.4 is 16.6 Å². The van der Waals surface area contributed by atoms with E-state index >= 15 is 0 Å². The largest absolute Gasteiger partial charge is 0.377 e. The Morgan fingerprint density at radius 3 is 2.71 bits per heavy atom. The lowest BCUT2D eigenvalue weighted by atomic mass is 10.1. The Morgan fingerprint density at radius 2 is 2.12 bits per heavy atom. The van der Waals surface area contributed by atoms with Crippen molar-refractivity contribution in [3.05, 3.63) is 11.9 Å². The minimum absolute atomic E-state index is 0.369. The number of ether oxygens (including phenoxy) is 1. The molecule has 0 aromatic carbocycles. The van der Waals surface area contributed by atoms with E-state index in [2.05, 4.69) is 34.6 Å². The van der Waals surface area contributed by atoms with E-state index in [0.717, 1.165) is 18.8 Å². The zero-order valence-corrected chi connectivity index (χ0v) is 10.7. The maximum absolute atomic E-state index is 5.36. The summed E-state index contributed by atoms with van der Waals surface area (Å²) >= 11 is 0. The van der Waals surface area contributed by atoms with Crippen LogP contribution in [-0.4, -0.2) is 23.6 Å². The zero-order valence-electron chi connectivity index (χ0n) is 10.7. The van der Waals surface area contributed by atoms with E-state index in [0.29, 0.717) is 24.2 Å². The maximum Gasteiger partial charge on any atom is 0.158 e. The molecular formula is C11H21N5O. The van der Waals surface area contributed by atoms with Gasteiger partial charge in [-0.15, -0.1) is 0 Å². The van der Waals surface area contributed by atoms with Crippen LogP contribution in [0.3, 0.4) is 0 Å². The maximum atomic E-state index is 5.36. The highest BCUT2D eigenvalue weighted by molar-refractivity contribution is 5.46. The summed E-state index contributed by atoms with van der Waals surface area (Å²) in [4.78, 5) is 8.51. The molecule has 6 heteroatoms. The molecule has 0 radical (unpaired) electrons. The zero-order chi connectivity index (χ0) is 12.7. The average Bonchev–Trinajstić information content (AvgIpc) is 2.36. The Labute approximate surface area is 102 Å². The van der Waals surface area contributed by atoms with Crippen molar-refractivity contribution in [2.75, 3.05) is 24.4 Å². The SMILES string of the molecule is CCC(C)CNc1cc(NN)nc(COC)n1. The first-order valence-electron chi connectivity index (χ1n) is 5.77. The predicted molar refractivity (Wildman–Crippen MR) is 68.5 cm³/mol. The fourth-order valence-corrected chi connectivity index (χ4v) is 1.28. The fraction of sp³-hybridized carbons (Fsp3) is 0.636. The van der Waals surface area contributed by atoms with Crippen LogP contribution in [0.2, 0.25) is 0 Å². The Balaban J connectivity index is 2.72. The van der Waals surface area contributed by atoms with Crippen molar-refractivity contribution in [1.29, 1.82) is 0 Å². The highest BCUT2D eigenvalue weighted by atomic mass is 16.5. The van der Waals surface area contributed by atoms with Crippen molar-refractivity contribution in [1.82, 2.24) is 9.97 Å². The van der Waals surface area contributed by atoms with Gasteiger partial charge >= 0.3 is 0 Å². The Morgan fingerprint density at radius 1 is 1.41 bits per heavy atom. The molecule has 0 aliphatic carbocycles. The molecule has 1 heterocycles. The number of nitrogens with zero attached hydrogens (tertiary/aromatic N) is 2. The van der Waals surface area contributed by atoms with Crippen molar-refractivity contribution in [3.8, 4) is 0 Å². The van der Waals surface area contributed by atoms with Crippen molar-refractivity contribution in [2.24, 2.45) is 11.8 Å². The standard InChI is InChI=1S/C11H21N5O/c1-4-8(2)6-13-9-5-10(16-12)15-11(14-9)7-17-3/h5,8H,4,6-7,12H2,1-3H3,(H2,13,14,15,16). The lowest BCUT2D eigenvalue weighted by Gasteiger charge is -2.12. The van der Waals surface area contributed by atoms with Crippen molar-refractivity contribution < 1.29 is 4.74 Å². The van der Waals surface area contributed by atoms with Crippen LogP contribution in [0.25, 0.3) is 0 Å². The lowest BCUT2D eigenvalue weighted by molar-refractivity contribution is 0.178. The third-order valence-corrected chi connectivity index (χ3v) is 2.52. The molecule has 1 aromatic rings. The van der Waals surface area contributed by atoms with E-state index in [1.165, 1.54) is 0 Å². The van der Waals surface area contributed by atoms with E-state index in [4.69, 9.17) is 10.6 Å². The predicted octanol–water partition coefficient (Wildman–Crippen LogP) is 1.37. The molecule has 0 aliphatic heterocycles. The Kier molecular flexibility index (Phi) is 5.65. The van der Waals surface area contributed by atoms with Gasteiger partial charge in [0.2, 0.25) is 0 Å². The molecule has 17 heavy (non-hydrogen) atoms. The van der Waals surface area contributed by atoms with Gasteiger partial charge in [0.05, 0.1) is 0 Å². The monoisotopic (exact) mass is 239 g/mol. The first-order chi connectivity index (χ1) is 8.19. The van der Waals surface area contributed by atoms with Gasteiger partial charge in [-0.2, -0.15) is 0 Å². The quantitative estimate of drug-likeness (QED) is 0.492. The lowest BCUT2D eigenvalue weighted by Crippen LogP contribution is -2.15. The fourth-order valence-electron chi connectivity index (χ4n) is 1.28. The number of anilines is 2. The van der Waals surface area contributed by atoms with Crippen molar-refractivity contribution >= 4 is 11.6 Å². The second-order valence-corrected chi connectivity index (χ2v) is 4.03. The molecule has 1 atom stereocenters. The van der Waals surface area contributed by atoms with Gasteiger partial charge in [0.15, 0.2) is 5.82 Å². The van der Waals surface area contributed by atoms with Crippen LogP contribution in [-0.2, 0) is 11.3 Å². The van der Waals surface area contributed by atoms with Crippen LogP contribution in [0.15, 0.2) is 6.07 Å². The van der Waals surface area contributed by atoms with Crippen molar-refractivity contribution in [3.63, 3.8) is 0 Å². The van der Waals surface area contributed by atoms with E-state index in [1.807, 2.05) is 0 Å². The Hall–Kier alpha value is -1.40. The molecule has 1 aromatic heterocycles. The third kappa shape index (κ3) is 4.54. The van der Waals surface area contributed by atoms with Crippen LogP contribution in [0.5, 0.6) is 0 Å². The number of nitrogens with one attached hydrogen (secondary N) is 2. The summed E-state index contributed by atoms with van der Waals surface area (Å²) in [5.74, 6) is 7.91. The first-order valence-corrected chi connectivity index (χ1v) is 5.77. The molecule has 96 valence electrons. The molecule has 0 spiro atoms. The van der Waals surface area contributed by atoms with E-state index in [-0.39, 0.29) is 0 Å². The number of hydrazine groups is 1. The van der Waals surface area contributed by atoms with Crippen molar-refractivity contribution in [2.45, 2.75) is 26.9 Å². The second-order valence-electron chi connectivity index (χ2n) is 4.03. The summed E-state index contributed by atoms with van der Waals surface area (Å²) < 4.78 is 5.01. The number of rotatable bonds is 7. The van der Waals surface area contributed by atoms with Gasteiger partial charge in [-0.05, 0) is 5.92 Å². The van der Waals surface area contributed by atoms with Gasteiger partial charge in [0, 0.05) is 19.7 Å². The molecule has 1 unspecified atom stereocenters. The van der Waals surface area contributed by atoms with Gasteiger partial charge in [0.25, 0.3) is 0 Å². The highest BCUT2D eigenvalue weighted by Crippen LogP contribution is 2.12. The number of nitrogen functional groups attached to an aromatic ring is 1.